The summed E-state index contributed by atoms with van der Waals surface area (Å²) in [5.74, 6) is 1.42. The molecule has 31 heavy (non-hydrogen) atoms. The first-order valence-electron chi connectivity index (χ1n) is 10.4. The van der Waals surface area contributed by atoms with Crippen LogP contribution in [0.25, 0.3) is 0 Å². The van der Waals surface area contributed by atoms with E-state index in [1.54, 1.807) is 11.6 Å². The molecule has 0 bridgehead atoms. The molecule has 0 aliphatic carbocycles. The third-order valence-electron chi connectivity index (χ3n) is 5.59. The second-order valence-corrected chi connectivity index (χ2v) is 8.96. The van der Waals surface area contributed by atoms with E-state index in [2.05, 4.69) is 60.4 Å². The number of hydrogen-bond acceptors (Lipinski definition) is 5. The molecular weight excluding hydrogens is 388 g/mol. The quantitative estimate of drug-likeness (QED) is 0.632. The molecule has 4 rings (SSSR count). The highest BCUT2D eigenvalue weighted by Crippen LogP contribution is 2.35. The van der Waals surface area contributed by atoms with Gasteiger partial charge >= 0.3 is 0 Å². The first kappa shape index (κ1) is 20.8. The summed E-state index contributed by atoms with van der Waals surface area (Å²) in [7, 11) is 0. The van der Waals surface area contributed by atoms with Crippen LogP contribution in [0.4, 0.5) is 5.95 Å². The van der Waals surface area contributed by atoms with Crippen LogP contribution < -0.4 is 10.1 Å². The van der Waals surface area contributed by atoms with E-state index in [0.29, 0.717) is 18.1 Å². The van der Waals surface area contributed by atoms with Crippen LogP contribution in [0.15, 0.2) is 66.1 Å². The molecule has 1 atom stereocenters. The number of ketones is 1. The van der Waals surface area contributed by atoms with Gasteiger partial charge in [0.05, 0.1) is 0 Å². The molecule has 0 radical (unpaired) electrons. The molecule has 6 heteroatoms. The second kappa shape index (κ2) is 8.02. The number of rotatable bonds is 5. The Morgan fingerprint density at radius 2 is 1.77 bits per heavy atom. The Balaban J connectivity index is 1.51. The van der Waals surface area contributed by atoms with Crippen molar-refractivity contribution in [1.29, 1.82) is 0 Å². The standard InChI is InChI=1S/C25H28N4O2/c1-16-22(17(2)30)23(29-24(28-16)26-15-27-29)19-8-12-21(13-9-19)31-14-18-6-10-20(11-7-18)25(3,4)5/h6-13,15,23H,14H2,1-5H3,(H,26,27,28). The fraction of sp³-hybridized carbons (Fsp3) is 0.320. The van der Waals surface area contributed by atoms with Crippen molar-refractivity contribution in [3.8, 4) is 5.75 Å². The van der Waals surface area contributed by atoms with Gasteiger partial charge in [-0.2, -0.15) is 10.1 Å². The molecular formula is C25H28N4O2. The first-order valence-corrected chi connectivity index (χ1v) is 10.4. The molecule has 2 aromatic carbocycles. The molecule has 1 N–H and O–H groups in total. The van der Waals surface area contributed by atoms with E-state index in [-0.39, 0.29) is 17.2 Å². The lowest BCUT2D eigenvalue weighted by Crippen LogP contribution is -2.27. The number of Topliss-reactive ketones (excluding diaryl/α,β-unsaturated/α-hetero) is 1. The summed E-state index contributed by atoms with van der Waals surface area (Å²) in [5.41, 5.74) is 5.02. The molecule has 1 aromatic heterocycles. The fourth-order valence-electron chi connectivity index (χ4n) is 3.87. The largest absolute Gasteiger partial charge is 0.489 e. The summed E-state index contributed by atoms with van der Waals surface area (Å²) in [6, 6.07) is 16.1. The van der Waals surface area contributed by atoms with E-state index in [1.807, 2.05) is 31.2 Å². The van der Waals surface area contributed by atoms with Gasteiger partial charge in [-0.05, 0) is 48.1 Å². The van der Waals surface area contributed by atoms with Crippen molar-refractivity contribution in [3.63, 3.8) is 0 Å². The normalized spacial score (nSPS) is 16.0. The molecule has 160 valence electrons. The van der Waals surface area contributed by atoms with Crippen LogP contribution in [0.5, 0.6) is 5.75 Å². The van der Waals surface area contributed by atoms with Gasteiger partial charge in [-0.25, -0.2) is 4.68 Å². The maximum absolute atomic E-state index is 12.4. The van der Waals surface area contributed by atoms with E-state index < -0.39 is 0 Å². The first-order chi connectivity index (χ1) is 14.7. The molecule has 0 saturated heterocycles. The number of carbonyl (C=O) groups excluding carboxylic acids is 1. The minimum absolute atomic E-state index is 0.00943. The van der Waals surface area contributed by atoms with Crippen LogP contribution in [0.1, 0.15) is 57.4 Å². The smallest absolute Gasteiger partial charge is 0.226 e. The molecule has 0 amide bonds. The fourth-order valence-corrected chi connectivity index (χ4v) is 3.87. The highest BCUT2D eigenvalue weighted by Gasteiger charge is 2.31. The Bertz CT molecular complexity index is 1120. The topological polar surface area (TPSA) is 69.0 Å². The molecule has 0 spiro atoms. The van der Waals surface area contributed by atoms with Crippen molar-refractivity contribution in [2.24, 2.45) is 0 Å². The molecule has 1 aliphatic heterocycles. The number of nitrogens with one attached hydrogen (secondary N) is 1. The molecule has 1 aliphatic rings. The number of benzene rings is 2. The Labute approximate surface area is 183 Å². The zero-order valence-electron chi connectivity index (χ0n) is 18.6. The van der Waals surface area contributed by atoms with Gasteiger partial charge in [0.15, 0.2) is 5.78 Å². The lowest BCUT2D eigenvalue weighted by Gasteiger charge is -2.28. The highest BCUT2D eigenvalue weighted by atomic mass is 16.5. The van der Waals surface area contributed by atoms with E-state index in [9.17, 15) is 4.79 Å². The Kier molecular flexibility index (Phi) is 5.39. The summed E-state index contributed by atoms with van der Waals surface area (Å²) in [5, 5.41) is 7.49. The predicted molar refractivity (Wildman–Crippen MR) is 121 cm³/mol. The summed E-state index contributed by atoms with van der Waals surface area (Å²) in [6.07, 6.45) is 1.49. The van der Waals surface area contributed by atoms with Gasteiger partial charge in [0, 0.05) is 11.3 Å². The Morgan fingerprint density at radius 1 is 1.10 bits per heavy atom. The van der Waals surface area contributed by atoms with Crippen LogP contribution in [-0.2, 0) is 16.8 Å². The van der Waals surface area contributed by atoms with Crippen LogP contribution in [0.2, 0.25) is 0 Å². The number of ether oxygens (including phenoxy) is 1. The van der Waals surface area contributed by atoms with Crippen molar-refractivity contribution < 1.29 is 9.53 Å². The number of fused-ring (bicyclic) bond motifs is 1. The number of nitrogens with zero attached hydrogens (tertiary/aromatic N) is 3. The molecule has 1 unspecified atom stereocenters. The predicted octanol–water partition coefficient (Wildman–Crippen LogP) is 5.03. The van der Waals surface area contributed by atoms with Crippen LogP contribution >= 0.6 is 0 Å². The lowest BCUT2D eigenvalue weighted by atomic mass is 9.87. The number of anilines is 1. The van der Waals surface area contributed by atoms with Gasteiger partial charge in [0.1, 0.15) is 24.7 Å². The molecule has 2 heterocycles. The molecule has 0 fully saturated rings. The SMILES string of the molecule is CC(=O)C1=C(C)Nc2ncnn2C1c1ccc(OCc2ccc(C(C)(C)C)cc2)cc1. The Morgan fingerprint density at radius 3 is 2.39 bits per heavy atom. The highest BCUT2D eigenvalue weighted by molar-refractivity contribution is 5.96. The number of carbonyl (C=O) groups is 1. The molecule has 0 saturated carbocycles. The maximum Gasteiger partial charge on any atom is 0.226 e. The van der Waals surface area contributed by atoms with Crippen LogP contribution in [0, 0.1) is 0 Å². The molecule has 6 nitrogen and oxygen atoms in total. The monoisotopic (exact) mass is 416 g/mol. The average Bonchev–Trinajstić information content (AvgIpc) is 3.19. The van der Waals surface area contributed by atoms with E-state index in [0.717, 1.165) is 22.6 Å². The minimum atomic E-state index is -0.310. The third-order valence-corrected chi connectivity index (χ3v) is 5.59. The second-order valence-electron chi connectivity index (χ2n) is 8.96. The van der Waals surface area contributed by atoms with Crippen molar-refractivity contribution in [3.05, 3.63) is 82.8 Å². The zero-order valence-corrected chi connectivity index (χ0v) is 18.6. The van der Waals surface area contributed by atoms with Crippen molar-refractivity contribution >= 4 is 11.7 Å². The number of allylic oxidation sites excluding steroid dienone is 2. The van der Waals surface area contributed by atoms with Crippen molar-refractivity contribution in [1.82, 2.24) is 14.8 Å². The average molecular weight is 417 g/mol. The summed E-state index contributed by atoms with van der Waals surface area (Å²) >= 11 is 0. The Hall–Kier alpha value is -3.41. The van der Waals surface area contributed by atoms with Gasteiger partial charge in [0.2, 0.25) is 5.95 Å². The summed E-state index contributed by atoms with van der Waals surface area (Å²) in [6.45, 7) is 10.6. The minimum Gasteiger partial charge on any atom is -0.489 e. The van der Waals surface area contributed by atoms with E-state index >= 15 is 0 Å². The van der Waals surface area contributed by atoms with E-state index in [1.165, 1.54) is 11.9 Å². The number of aromatic nitrogens is 3. The van der Waals surface area contributed by atoms with Crippen molar-refractivity contribution in [2.45, 2.75) is 52.7 Å². The van der Waals surface area contributed by atoms with Crippen LogP contribution in [0.3, 0.4) is 0 Å². The van der Waals surface area contributed by atoms with Crippen LogP contribution in [-0.4, -0.2) is 20.5 Å². The van der Waals surface area contributed by atoms with Crippen molar-refractivity contribution in [2.75, 3.05) is 5.32 Å². The number of hydrogen-bond donors (Lipinski definition) is 1. The summed E-state index contributed by atoms with van der Waals surface area (Å²) < 4.78 is 7.73. The van der Waals surface area contributed by atoms with Gasteiger partial charge in [-0.3, -0.25) is 4.79 Å². The lowest BCUT2D eigenvalue weighted by molar-refractivity contribution is -0.114. The van der Waals surface area contributed by atoms with E-state index in [4.69, 9.17) is 4.74 Å². The van der Waals surface area contributed by atoms with Gasteiger partial charge < -0.3 is 10.1 Å². The van der Waals surface area contributed by atoms with Gasteiger partial charge in [-0.15, -0.1) is 0 Å². The van der Waals surface area contributed by atoms with Gasteiger partial charge in [-0.1, -0.05) is 57.2 Å². The molecule has 3 aromatic rings. The summed E-state index contributed by atoms with van der Waals surface area (Å²) in [4.78, 5) is 16.6. The third kappa shape index (κ3) is 4.24. The zero-order chi connectivity index (χ0) is 22.2. The van der Waals surface area contributed by atoms with Gasteiger partial charge in [0.25, 0.3) is 0 Å². The maximum atomic E-state index is 12.4.